The van der Waals surface area contributed by atoms with Crippen LogP contribution in [0.3, 0.4) is 0 Å². The molecule has 3 N–H and O–H groups in total. The van der Waals surface area contributed by atoms with Crippen LogP contribution in [-0.4, -0.2) is 28.5 Å². The van der Waals surface area contributed by atoms with Gasteiger partial charge in [-0.05, 0) is 66.7 Å². The van der Waals surface area contributed by atoms with E-state index >= 15 is 0 Å². The van der Waals surface area contributed by atoms with Crippen molar-refractivity contribution in [3.8, 4) is 11.3 Å². The van der Waals surface area contributed by atoms with Crippen molar-refractivity contribution < 1.29 is 23.2 Å². The number of nitrogens with one attached hydrogen (secondary N) is 3. The molecule has 0 unspecified atom stereocenters. The summed E-state index contributed by atoms with van der Waals surface area (Å²) in [6.07, 6.45) is 2.91. The number of anilines is 2. The van der Waals surface area contributed by atoms with Crippen LogP contribution >= 0.6 is 23.1 Å². The molecule has 0 radical (unpaired) electrons. The van der Waals surface area contributed by atoms with Gasteiger partial charge in [0, 0.05) is 33.2 Å². The summed E-state index contributed by atoms with van der Waals surface area (Å²) in [6.45, 7) is 0. The SMILES string of the molecule is O=C(CSc1cccc(NC(=O)/C(=C/c2ccco2)NC(=O)c2ccccc2)c1)Nc1nc(-c2ccc(F)cc2)cs1. The van der Waals surface area contributed by atoms with E-state index in [1.54, 1.807) is 78.2 Å². The van der Waals surface area contributed by atoms with Gasteiger partial charge >= 0.3 is 0 Å². The highest BCUT2D eigenvalue weighted by Crippen LogP contribution is 2.26. The molecule has 3 aromatic carbocycles. The van der Waals surface area contributed by atoms with E-state index < -0.39 is 11.8 Å². The molecule has 0 saturated carbocycles. The van der Waals surface area contributed by atoms with Crippen molar-refractivity contribution in [2.24, 2.45) is 0 Å². The largest absolute Gasteiger partial charge is 0.465 e. The molecule has 0 aliphatic carbocycles. The third-order valence-electron chi connectivity index (χ3n) is 5.71. The molecule has 3 amide bonds. The first-order chi connectivity index (χ1) is 20.4. The topological polar surface area (TPSA) is 113 Å². The standard InChI is InChI=1S/C31H23FN4O4S2/c32-22-13-11-20(12-14-22)27-18-42-31(35-27)36-28(37)19-41-25-10-4-8-23(16-25)33-30(39)26(17-24-9-5-15-40-24)34-29(38)21-6-2-1-3-7-21/h1-18H,19H2,(H,33,39)(H,34,38)(H,35,36,37)/b26-17-. The number of carbonyl (C=O) groups excluding carboxylic acids is 3. The number of thiazole rings is 1. The quantitative estimate of drug-likeness (QED) is 0.122. The summed E-state index contributed by atoms with van der Waals surface area (Å²) in [5.74, 6) is -1.06. The minimum absolute atomic E-state index is 0.000286. The first kappa shape index (κ1) is 28.5. The Morgan fingerprint density at radius 2 is 1.74 bits per heavy atom. The van der Waals surface area contributed by atoms with E-state index in [0.717, 1.165) is 10.5 Å². The number of halogens is 1. The second kappa shape index (κ2) is 13.6. The van der Waals surface area contributed by atoms with Crippen molar-refractivity contribution in [1.29, 1.82) is 0 Å². The normalized spacial score (nSPS) is 11.1. The molecule has 11 heteroatoms. The van der Waals surface area contributed by atoms with Crippen LogP contribution in [0.15, 0.2) is 118 Å². The van der Waals surface area contributed by atoms with Gasteiger partial charge in [0.1, 0.15) is 17.3 Å². The first-order valence-electron chi connectivity index (χ1n) is 12.6. The maximum absolute atomic E-state index is 13.2. The van der Waals surface area contributed by atoms with Crippen molar-refractivity contribution in [2.75, 3.05) is 16.4 Å². The van der Waals surface area contributed by atoms with Crippen LogP contribution in [0.1, 0.15) is 16.1 Å². The molecule has 8 nitrogen and oxygen atoms in total. The maximum Gasteiger partial charge on any atom is 0.272 e. The van der Waals surface area contributed by atoms with E-state index in [9.17, 15) is 18.8 Å². The zero-order valence-corrected chi connectivity index (χ0v) is 23.5. The van der Waals surface area contributed by atoms with E-state index in [1.807, 2.05) is 6.07 Å². The Labute approximate surface area is 248 Å². The minimum atomic E-state index is -0.545. The Bertz CT molecular complexity index is 1720. The summed E-state index contributed by atoms with van der Waals surface area (Å²) in [6, 6.07) is 24.9. The molecule has 5 rings (SSSR count). The second-order valence-corrected chi connectivity index (χ2v) is 10.7. The molecule has 2 heterocycles. The molecule has 0 spiro atoms. The van der Waals surface area contributed by atoms with Crippen molar-refractivity contribution in [3.05, 3.63) is 125 Å². The Morgan fingerprint density at radius 1 is 0.929 bits per heavy atom. The monoisotopic (exact) mass is 598 g/mol. The Hall–Kier alpha value is -5.00. The van der Waals surface area contributed by atoms with Crippen LogP contribution in [0.4, 0.5) is 15.2 Å². The summed E-state index contributed by atoms with van der Waals surface area (Å²) in [5, 5.41) is 10.5. The van der Waals surface area contributed by atoms with Crippen molar-refractivity contribution in [1.82, 2.24) is 10.3 Å². The highest BCUT2D eigenvalue weighted by atomic mass is 32.2. The number of benzene rings is 3. The summed E-state index contributed by atoms with van der Waals surface area (Å²) >= 11 is 2.57. The molecule has 42 heavy (non-hydrogen) atoms. The molecule has 5 aromatic rings. The molecule has 0 fully saturated rings. The smallest absolute Gasteiger partial charge is 0.272 e. The lowest BCUT2D eigenvalue weighted by atomic mass is 10.2. The minimum Gasteiger partial charge on any atom is -0.465 e. The highest BCUT2D eigenvalue weighted by molar-refractivity contribution is 8.00. The van der Waals surface area contributed by atoms with Gasteiger partial charge in [-0.15, -0.1) is 23.1 Å². The van der Waals surface area contributed by atoms with Crippen LogP contribution in [0.25, 0.3) is 17.3 Å². The van der Waals surface area contributed by atoms with E-state index in [1.165, 1.54) is 47.6 Å². The fraction of sp³-hybridized carbons (Fsp3) is 0.0323. The first-order valence-corrected chi connectivity index (χ1v) is 14.5. The summed E-state index contributed by atoms with van der Waals surface area (Å²) < 4.78 is 18.5. The Balaban J connectivity index is 1.19. The van der Waals surface area contributed by atoms with Gasteiger partial charge in [-0.2, -0.15) is 0 Å². The molecule has 0 bridgehead atoms. The van der Waals surface area contributed by atoms with Crippen molar-refractivity contribution >= 4 is 57.7 Å². The molecule has 0 atom stereocenters. The summed E-state index contributed by atoms with van der Waals surface area (Å²) in [7, 11) is 0. The maximum atomic E-state index is 13.2. The summed E-state index contributed by atoms with van der Waals surface area (Å²) in [4.78, 5) is 43.6. The fourth-order valence-electron chi connectivity index (χ4n) is 3.71. The number of hydrogen-bond acceptors (Lipinski definition) is 7. The molecule has 210 valence electrons. The van der Waals surface area contributed by atoms with E-state index in [0.29, 0.717) is 27.8 Å². The summed E-state index contributed by atoms with van der Waals surface area (Å²) in [5.41, 5.74) is 2.28. The molecule has 0 saturated heterocycles. The van der Waals surface area contributed by atoms with Crippen LogP contribution in [0, 0.1) is 5.82 Å². The molecule has 0 aliphatic heterocycles. The molecule has 0 aliphatic rings. The number of carbonyl (C=O) groups is 3. The van der Waals surface area contributed by atoms with Gasteiger partial charge < -0.3 is 20.4 Å². The van der Waals surface area contributed by atoms with E-state index in [2.05, 4.69) is 20.9 Å². The number of rotatable bonds is 10. The third kappa shape index (κ3) is 7.80. The fourth-order valence-corrected chi connectivity index (χ4v) is 5.20. The van der Waals surface area contributed by atoms with Gasteiger partial charge in [-0.3, -0.25) is 14.4 Å². The van der Waals surface area contributed by atoms with Gasteiger partial charge in [-0.1, -0.05) is 24.3 Å². The van der Waals surface area contributed by atoms with Crippen LogP contribution in [-0.2, 0) is 9.59 Å². The molecule has 2 aromatic heterocycles. The van der Waals surface area contributed by atoms with Gasteiger partial charge in [0.05, 0.1) is 17.7 Å². The second-order valence-electron chi connectivity index (χ2n) is 8.76. The number of aromatic nitrogens is 1. The number of nitrogens with zero attached hydrogens (tertiary/aromatic N) is 1. The average molecular weight is 599 g/mol. The predicted octanol–water partition coefficient (Wildman–Crippen LogP) is 6.68. The van der Waals surface area contributed by atoms with Crippen LogP contribution in [0.2, 0.25) is 0 Å². The van der Waals surface area contributed by atoms with Gasteiger partial charge in [-0.25, -0.2) is 9.37 Å². The Kier molecular flexibility index (Phi) is 9.22. The highest BCUT2D eigenvalue weighted by Gasteiger charge is 2.16. The predicted molar refractivity (Wildman–Crippen MR) is 163 cm³/mol. The molecular formula is C31H23FN4O4S2. The zero-order chi connectivity index (χ0) is 29.3. The van der Waals surface area contributed by atoms with E-state index in [4.69, 9.17) is 4.42 Å². The Morgan fingerprint density at radius 3 is 2.50 bits per heavy atom. The zero-order valence-electron chi connectivity index (χ0n) is 21.9. The van der Waals surface area contributed by atoms with E-state index in [-0.39, 0.29) is 23.2 Å². The molecular weight excluding hydrogens is 575 g/mol. The number of thioether (sulfide) groups is 1. The van der Waals surface area contributed by atoms with Crippen molar-refractivity contribution in [2.45, 2.75) is 4.90 Å². The van der Waals surface area contributed by atoms with Gasteiger partial charge in [0.15, 0.2) is 5.13 Å². The lowest BCUT2D eigenvalue weighted by Gasteiger charge is -2.12. The number of amides is 3. The third-order valence-corrected chi connectivity index (χ3v) is 7.46. The average Bonchev–Trinajstić information content (AvgIpc) is 3.69. The lowest BCUT2D eigenvalue weighted by Crippen LogP contribution is -2.30. The van der Waals surface area contributed by atoms with Crippen LogP contribution < -0.4 is 16.0 Å². The number of furan rings is 1. The van der Waals surface area contributed by atoms with Crippen LogP contribution in [0.5, 0.6) is 0 Å². The van der Waals surface area contributed by atoms with Crippen molar-refractivity contribution in [3.63, 3.8) is 0 Å². The lowest BCUT2D eigenvalue weighted by molar-refractivity contribution is -0.114. The number of hydrogen-bond donors (Lipinski definition) is 3. The van der Waals surface area contributed by atoms with Gasteiger partial charge in [0.25, 0.3) is 11.8 Å². The van der Waals surface area contributed by atoms with Gasteiger partial charge in [0.2, 0.25) is 5.91 Å².